The molecule has 0 spiro atoms. The van der Waals surface area contributed by atoms with E-state index in [0.717, 1.165) is 0 Å². The lowest BCUT2D eigenvalue weighted by Crippen LogP contribution is -2.09. The molecule has 0 radical (unpaired) electrons. The van der Waals surface area contributed by atoms with Crippen LogP contribution >= 0.6 is 0 Å². The van der Waals surface area contributed by atoms with Gasteiger partial charge in [0.15, 0.2) is 11.5 Å². The maximum Gasteiger partial charge on any atom is 0.336 e. The molecule has 0 unspecified atom stereocenters. The third kappa shape index (κ3) is 1.52. The Balaban J connectivity index is 2.21. The molecule has 0 amide bonds. The molecular formula is C13H10O5. The molecule has 0 aliphatic carbocycles. The van der Waals surface area contributed by atoms with Crippen LogP contribution in [0.2, 0.25) is 0 Å². The Morgan fingerprint density at radius 3 is 2.78 bits per heavy atom. The van der Waals surface area contributed by atoms with Gasteiger partial charge in [-0.05, 0) is 6.92 Å². The molecule has 92 valence electrons. The van der Waals surface area contributed by atoms with Gasteiger partial charge in [-0.15, -0.1) is 0 Å². The number of hydrogen-bond donors (Lipinski definition) is 2. The molecule has 1 aliphatic rings. The Bertz CT molecular complexity index is 699. The quantitative estimate of drug-likeness (QED) is 0.634. The number of fused-ring (bicyclic) bond motifs is 2. The van der Waals surface area contributed by atoms with Crippen LogP contribution in [0.3, 0.4) is 0 Å². The van der Waals surface area contributed by atoms with Crippen molar-refractivity contribution in [2.75, 3.05) is 0 Å². The number of aryl methyl sites for hydroxylation is 1. The molecule has 0 fully saturated rings. The second-order valence-corrected chi connectivity index (χ2v) is 4.22. The van der Waals surface area contributed by atoms with Crippen molar-refractivity contribution in [2.24, 2.45) is 0 Å². The fraction of sp³-hybridized carbons (Fsp3) is 0.154. The van der Waals surface area contributed by atoms with Gasteiger partial charge in [0, 0.05) is 35.7 Å². The van der Waals surface area contributed by atoms with Crippen molar-refractivity contribution in [3.63, 3.8) is 0 Å². The predicted molar refractivity (Wildman–Crippen MR) is 62.4 cm³/mol. The summed E-state index contributed by atoms with van der Waals surface area (Å²) in [5.41, 5.74) is 0.709. The summed E-state index contributed by atoms with van der Waals surface area (Å²) in [5, 5.41) is 19.2. The van der Waals surface area contributed by atoms with Crippen molar-refractivity contribution >= 4 is 0 Å². The summed E-state index contributed by atoms with van der Waals surface area (Å²) in [7, 11) is 0. The van der Waals surface area contributed by atoms with E-state index in [2.05, 4.69) is 0 Å². The lowest BCUT2D eigenvalue weighted by Gasteiger charge is -2.20. The van der Waals surface area contributed by atoms with E-state index in [1.165, 1.54) is 18.2 Å². The Labute approximate surface area is 102 Å². The number of benzene rings is 1. The van der Waals surface area contributed by atoms with Gasteiger partial charge in [0.05, 0.1) is 0 Å². The third-order valence-corrected chi connectivity index (χ3v) is 2.89. The van der Waals surface area contributed by atoms with E-state index < -0.39 is 5.63 Å². The highest BCUT2D eigenvalue weighted by molar-refractivity contribution is 5.56. The standard InChI is InChI=1S/C13H10O5/c1-6-2-12(16)17-11-5-8-9(15)3-7(14)4-10(8)18-13(6)11/h2-4,14-15H,5H2,1H3. The fourth-order valence-corrected chi connectivity index (χ4v) is 2.07. The zero-order chi connectivity index (χ0) is 12.9. The average Bonchev–Trinajstić information content (AvgIpc) is 2.27. The van der Waals surface area contributed by atoms with Crippen LogP contribution in [0.25, 0.3) is 0 Å². The minimum Gasteiger partial charge on any atom is -0.508 e. The monoisotopic (exact) mass is 246 g/mol. The molecule has 1 aliphatic heterocycles. The largest absolute Gasteiger partial charge is 0.508 e. The highest BCUT2D eigenvalue weighted by Crippen LogP contribution is 2.43. The van der Waals surface area contributed by atoms with Crippen molar-refractivity contribution in [3.8, 4) is 23.0 Å². The predicted octanol–water partition coefficient (Wildman–Crippen LogP) is 2.06. The van der Waals surface area contributed by atoms with Crippen LogP contribution in [0, 0.1) is 6.92 Å². The van der Waals surface area contributed by atoms with Crippen molar-refractivity contribution < 1.29 is 19.4 Å². The molecule has 0 bridgehead atoms. The smallest absolute Gasteiger partial charge is 0.336 e. The van der Waals surface area contributed by atoms with Crippen LogP contribution in [-0.4, -0.2) is 10.2 Å². The molecule has 2 heterocycles. The van der Waals surface area contributed by atoms with E-state index in [1.807, 2.05) is 0 Å². The van der Waals surface area contributed by atoms with E-state index in [4.69, 9.17) is 9.15 Å². The summed E-state index contributed by atoms with van der Waals surface area (Å²) >= 11 is 0. The van der Waals surface area contributed by atoms with Crippen molar-refractivity contribution in [3.05, 3.63) is 45.5 Å². The van der Waals surface area contributed by atoms with Crippen molar-refractivity contribution in [1.82, 2.24) is 0 Å². The van der Waals surface area contributed by atoms with E-state index in [0.29, 0.717) is 28.4 Å². The SMILES string of the molecule is Cc1cc(=O)oc2c1Oc1cc(O)cc(O)c1C2. The minimum absolute atomic E-state index is 0.0789. The molecular weight excluding hydrogens is 236 g/mol. The van der Waals surface area contributed by atoms with Crippen LogP contribution in [-0.2, 0) is 6.42 Å². The van der Waals surface area contributed by atoms with Gasteiger partial charge in [-0.1, -0.05) is 0 Å². The zero-order valence-electron chi connectivity index (χ0n) is 9.56. The fourth-order valence-electron chi connectivity index (χ4n) is 2.07. The number of phenols is 2. The van der Waals surface area contributed by atoms with Crippen LogP contribution in [0.5, 0.6) is 23.0 Å². The summed E-state index contributed by atoms with van der Waals surface area (Å²) in [6.45, 7) is 1.74. The number of hydrogen-bond acceptors (Lipinski definition) is 5. The number of ether oxygens (including phenoxy) is 1. The zero-order valence-corrected chi connectivity index (χ0v) is 9.56. The number of rotatable bonds is 0. The van der Waals surface area contributed by atoms with E-state index in [1.54, 1.807) is 6.92 Å². The maximum absolute atomic E-state index is 11.3. The minimum atomic E-state index is -0.448. The van der Waals surface area contributed by atoms with Crippen LogP contribution in [0.1, 0.15) is 16.9 Å². The Kier molecular flexibility index (Phi) is 2.10. The molecule has 0 saturated heterocycles. The van der Waals surface area contributed by atoms with Gasteiger partial charge in [0.1, 0.15) is 17.2 Å². The molecule has 1 aromatic heterocycles. The van der Waals surface area contributed by atoms with Gasteiger partial charge >= 0.3 is 5.63 Å². The molecule has 0 atom stereocenters. The Morgan fingerprint density at radius 1 is 1.22 bits per heavy atom. The van der Waals surface area contributed by atoms with Gasteiger partial charge in [-0.25, -0.2) is 4.79 Å². The summed E-state index contributed by atoms with van der Waals surface area (Å²) in [4.78, 5) is 11.3. The van der Waals surface area contributed by atoms with E-state index in [-0.39, 0.29) is 17.9 Å². The molecule has 2 aromatic rings. The van der Waals surface area contributed by atoms with Crippen molar-refractivity contribution in [2.45, 2.75) is 13.3 Å². The summed E-state index contributed by atoms with van der Waals surface area (Å²) in [5.74, 6) is 1.06. The molecule has 18 heavy (non-hydrogen) atoms. The molecule has 1 aromatic carbocycles. The van der Waals surface area contributed by atoms with Crippen LogP contribution < -0.4 is 10.4 Å². The Morgan fingerprint density at radius 2 is 2.00 bits per heavy atom. The van der Waals surface area contributed by atoms with Gasteiger partial charge in [0.2, 0.25) is 0 Å². The normalized spacial score (nSPS) is 12.5. The first kappa shape index (κ1) is 10.7. The maximum atomic E-state index is 11.3. The van der Waals surface area contributed by atoms with Gasteiger partial charge < -0.3 is 19.4 Å². The average molecular weight is 246 g/mol. The van der Waals surface area contributed by atoms with Crippen LogP contribution in [0.15, 0.2) is 27.4 Å². The van der Waals surface area contributed by atoms with Gasteiger partial charge in [-0.2, -0.15) is 0 Å². The number of aromatic hydroxyl groups is 2. The first-order chi connectivity index (χ1) is 8.54. The van der Waals surface area contributed by atoms with Crippen molar-refractivity contribution in [1.29, 1.82) is 0 Å². The summed E-state index contributed by atoms with van der Waals surface area (Å²) < 4.78 is 10.6. The van der Waals surface area contributed by atoms with E-state index in [9.17, 15) is 15.0 Å². The summed E-state index contributed by atoms with van der Waals surface area (Å²) in [6, 6.07) is 3.98. The second kappa shape index (κ2) is 3.53. The highest BCUT2D eigenvalue weighted by Gasteiger charge is 2.24. The third-order valence-electron chi connectivity index (χ3n) is 2.89. The highest BCUT2D eigenvalue weighted by atomic mass is 16.5. The first-order valence-corrected chi connectivity index (χ1v) is 5.41. The molecule has 5 nitrogen and oxygen atoms in total. The Hall–Kier alpha value is -2.43. The summed E-state index contributed by atoms with van der Waals surface area (Å²) in [6.07, 6.45) is 0.258. The van der Waals surface area contributed by atoms with Crippen LogP contribution in [0.4, 0.5) is 0 Å². The lowest BCUT2D eigenvalue weighted by atomic mass is 10.0. The second-order valence-electron chi connectivity index (χ2n) is 4.22. The number of phenolic OH excluding ortho intramolecular Hbond substituents is 2. The topological polar surface area (TPSA) is 79.9 Å². The molecule has 0 saturated carbocycles. The molecule has 5 heteroatoms. The molecule has 2 N–H and O–H groups in total. The molecule has 3 rings (SSSR count). The van der Waals surface area contributed by atoms with E-state index >= 15 is 0 Å². The van der Waals surface area contributed by atoms with Gasteiger partial charge in [-0.3, -0.25) is 0 Å². The first-order valence-electron chi connectivity index (χ1n) is 5.41. The van der Waals surface area contributed by atoms with Gasteiger partial charge in [0.25, 0.3) is 0 Å². The lowest BCUT2D eigenvalue weighted by molar-refractivity contribution is 0.366.